The number of thiocarbonyl (C=S) groups is 1. The average molecular weight is 556 g/mol. The van der Waals surface area contributed by atoms with Gasteiger partial charge in [-0.25, -0.2) is 0 Å². The Balaban J connectivity index is 2.25. The minimum Gasteiger partial charge on any atom is -0.339 e. The van der Waals surface area contributed by atoms with Crippen LogP contribution in [0.1, 0.15) is 28.7 Å². The molecule has 198 valence electrons. The topological polar surface area (TPSA) is 32.3 Å². The van der Waals surface area contributed by atoms with Gasteiger partial charge in [-0.3, -0.25) is 4.79 Å². The summed E-state index contributed by atoms with van der Waals surface area (Å²) < 4.78 is 156. The number of amides is 1. The second-order valence-corrected chi connectivity index (χ2v) is 7.63. The van der Waals surface area contributed by atoms with E-state index in [1.165, 1.54) is 0 Å². The molecule has 0 aliphatic carbocycles. The number of nitrogens with zero attached hydrogens (tertiary/aromatic N) is 1. The van der Waals surface area contributed by atoms with E-state index in [9.17, 15) is 57.5 Å². The maximum atomic E-state index is 13.1. The number of benzene rings is 2. The van der Waals surface area contributed by atoms with Gasteiger partial charge in [-0.2, -0.15) is 52.7 Å². The maximum absolute atomic E-state index is 13.1. The lowest BCUT2D eigenvalue weighted by molar-refractivity contribution is -0.162. The van der Waals surface area contributed by atoms with Crippen molar-refractivity contribution in [2.45, 2.75) is 31.1 Å². The zero-order valence-corrected chi connectivity index (χ0v) is 18.3. The van der Waals surface area contributed by atoms with E-state index in [0.717, 1.165) is 11.9 Å². The monoisotopic (exact) mass is 556 g/mol. The molecule has 1 N–H and O–H groups in total. The van der Waals surface area contributed by atoms with Crippen molar-refractivity contribution in [3.05, 3.63) is 58.7 Å². The van der Waals surface area contributed by atoms with Crippen molar-refractivity contribution in [2.24, 2.45) is 0 Å². The molecular weight excluding hydrogens is 544 g/mol. The van der Waals surface area contributed by atoms with E-state index < -0.39 is 75.7 Å². The van der Waals surface area contributed by atoms with E-state index in [0.29, 0.717) is 12.1 Å². The highest BCUT2D eigenvalue weighted by molar-refractivity contribution is 7.80. The van der Waals surface area contributed by atoms with Crippen molar-refractivity contribution in [1.29, 1.82) is 0 Å². The molecule has 2 aromatic carbocycles. The van der Waals surface area contributed by atoms with Crippen LogP contribution >= 0.6 is 12.2 Å². The van der Waals surface area contributed by atoms with Gasteiger partial charge in [0.1, 0.15) is 0 Å². The van der Waals surface area contributed by atoms with Crippen LogP contribution in [0.15, 0.2) is 36.4 Å². The molecule has 0 fully saturated rings. The Morgan fingerprint density at radius 1 is 0.722 bits per heavy atom. The normalized spacial score (nSPS) is 12.9. The van der Waals surface area contributed by atoms with Crippen LogP contribution in [0, 0.1) is 0 Å². The SMILES string of the molecule is CN(C(=S)CC(=O)Nc1ccc(C(F)(F)F)c(C(F)(F)F)c1)c1ccc(C(F)(F)F)c(C(F)(F)F)c1. The molecule has 0 aliphatic rings. The second kappa shape index (κ2) is 9.78. The third kappa shape index (κ3) is 7.01. The molecule has 0 spiro atoms. The number of anilines is 2. The predicted molar refractivity (Wildman–Crippen MR) is 107 cm³/mol. The Bertz CT molecular complexity index is 1150. The lowest BCUT2D eigenvalue weighted by Crippen LogP contribution is -2.29. The average Bonchev–Trinajstić information content (AvgIpc) is 2.69. The second-order valence-electron chi connectivity index (χ2n) is 7.16. The lowest BCUT2D eigenvalue weighted by Gasteiger charge is -2.23. The summed E-state index contributed by atoms with van der Waals surface area (Å²) in [5.41, 5.74) is -9.21. The predicted octanol–water partition coefficient (Wildman–Crippen LogP) is 7.55. The Morgan fingerprint density at radius 2 is 1.14 bits per heavy atom. The van der Waals surface area contributed by atoms with Gasteiger partial charge in [-0.05, 0) is 36.4 Å². The highest BCUT2D eigenvalue weighted by Crippen LogP contribution is 2.43. The molecule has 0 heterocycles. The van der Waals surface area contributed by atoms with Crippen molar-refractivity contribution >= 4 is 34.5 Å². The van der Waals surface area contributed by atoms with E-state index >= 15 is 0 Å². The number of halogens is 12. The first-order valence-electron chi connectivity index (χ1n) is 9.25. The molecule has 3 nitrogen and oxygen atoms in total. The van der Waals surface area contributed by atoms with Crippen LogP contribution in [0.5, 0.6) is 0 Å². The molecule has 1 amide bonds. The van der Waals surface area contributed by atoms with Crippen LogP contribution < -0.4 is 10.2 Å². The summed E-state index contributed by atoms with van der Waals surface area (Å²) in [7, 11) is 1.03. The fraction of sp³-hybridized carbons (Fsp3) is 0.300. The van der Waals surface area contributed by atoms with Gasteiger partial charge in [-0.15, -0.1) is 0 Å². The quantitative estimate of drug-likeness (QED) is 0.312. The van der Waals surface area contributed by atoms with Gasteiger partial charge in [0, 0.05) is 18.4 Å². The van der Waals surface area contributed by atoms with Gasteiger partial charge in [0.15, 0.2) is 0 Å². The van der Waals surface area contributed by atoms with Gasteiger partial charge in [0.05, 0.1) is 33.7 Å². The Hall–Kier alpha value is -3.04. The zero-order chi connectivity index (χ0) is 27.9. The van der Waals surface area contributed by atoms with Crippen LogP contribution in [-0.4, -0.2) is 17.9 Å². The molecule has 0 unspecified atom stereocenters. The number of carbonyl (C=O) groups is 1. The van der Waals surface area contributed by atoms with Crippen LogP contribution in [0.3, 0.4) is 0 Å². The summed E-state index contributed by atoms with van der Waals surface area (Å²) in [4.78, 5) is 12.5. The first-order chi connectivity index (χ1) is 16.1. The first kappa shape index (κ1) is 29.2. The summed E-state index contributed by atoms with van der Waals surface area (Å²) in [5, 5.41) is 1.89. The van der Waals surface area contributed by atoms with E-state index in [1.54, 1.807) is 0 Å². The van der Waals surface area contributed by atoms with E-state index in [4.69, 9.17) is 12.2 Å². The molecule has 0 radical (unpaired) electrons. The number of carbonyl (C=O) groups excluding carboxylic acids is 1. The van der Waals surface area contributed by atoms with Crippen molar-refractivity contribution in [3.63, 3.8) is 0 Å². The molecule has 0 saturated heterocycles. The van der Waals surface area contributed by atoms with Crippen molar-refractivity contribution in [3.8, 4) is 0 Å². The highest BCUT2D eigenvalue weighted by atomic mass is 32.1. The van der Waals surface area contributed by atoms with Crippen molar-refractivity contribution in [2.75, 3.05) is 17.3 Å². The Labute approximate surface area is 199 Å². The van der Waals surface area contributed by atoms with E-state index in [1.807, 2.05) is 5.32 Å². The van der Waals surface area contributed by atoms with Crippen molar-refractivity contribution < 1.29 is 57.5 Å². The third-order valence-corrected chi connectivity index (χ3v) is 5.02. The largest absolute Gasteiger partial charge is 0.417 e. The third-order valence-electron chi connectivity index (χ3n) is 4.60. The number of nitrogens with one attached hydrogen (secondary N) is 1. The minimum absolute atomic E-state index is 0.0406. The number of alkyl halides is 12. The first-order valence-corrected chi connectivity index (χ1v) is 9.66. The van der Waals surface area contributed by atoms with Crippen LogP contribution in [-0.2, 0) is 29.5 Å². The fourth-order valence-corrected chi connectivity index (χ4v) is 3.17. The van der Waals surface area contributed by atoms with Gasteiger partial charge in [0.25, 0.3) is 0 Å². The number of hydrogen-bond acceptors (Lipinski definition) is 2. The lowest BCUT2D eigenvalue weighted by atomic mass is 10.0. The molecule has 0 aliphatic heterocycles. The molecule has 2 aromatic rings. The summed E-state index contributed by atoms with van der Waals surface area (Å²) >= 11 is 4.88. The molecule has 0 aromatic heterocycles. The Morgan fingerprint density at radius 3 is 1.58 bits per heavy atom. The maximum Gasteiger partial charge on any atom is 0.417 e. The zero-order valence-electron chi connectivity index (χ0n) is 17.5. The molecular formula is C20H12F12N2OS. The van der Waals surface area contributed by atoms with E-state index in [2.05, 4.69) is 0 Å². The molecule has 2 rings (SSSR count). The van der Waals surface area contributed by atoms with Crippen LogP contribution in [0.4, 0.5) is 64.1 Å². The van der Waals surface area contributed by atoms with Gasteiger partial charge < -0.3 is 10.2 Å². The summed E-state index contributed by atoms with van der Waals surface area (Å²) in [6.07, 6.45) is -22.3. The highest BCUT2D eigenvalue weighted by Gasteiger charge is 2.44. The smallest absolute Gasteiger partial charge is 0.339 e. The number of rotatable bonds is 4. The van der Waals surface area contributed by atoms with Crippen LogP contribution in [0.2, 0.25) is 0 Å². The summed E-state index contributed by atoms with van der Waals surface area (Å²) in [5.74, 6) is -1.15. The van der Waals surface area contributed by atoms with E-state index in [-0.39, 0.29) is 24.3 Å². The van der Waals surface area contributed by atoms with Crippen LogP contribution in [0.25, 0.3) is 0 Å². The standard InChI is InChI=1S/C20H12F12N2OS/c1-34(10-3-5-12(18(24,25)26)14(7-10)20(30,31)32)16(36)8-15(35)33-9-2-4-11(17(21,22)23)13(6-9)19(27,28)29/h2-7H,8H2,1H3,(H,33,35). The van der Waals surface area contributed by atoms with Crippen molar-refractivity contribution in [1.82, 2.24) is 0 Å². The molecule has 0 saturated carbocycles. The molecule has 36 heavy (non-hydrogen) atoms. The summed E-state index contributed by atoms with van der Waals surface area (Å²) in [6, 6.07) is 1.67. The van der Waals surface area contributed by atoms with Gasteiger partial charge >= 0.3 is 24.7 Å². The van der Waals surface area contributed by atoms with Gasteiger partial charge in [-0.1, -0.05) is 12.2 Å². The van der Waals surface area contributed by atoms with Gasteiger partial charge in [0.2, 0.25) is 5.91 Å². The number of hydrogen-bond donors (Lipinski definition) is 1. The fourth-order valence-electron chi connectivity index (χ4n) is 2.93. The molecule has 0 atom stereocenters. The Kier molecular flexibility index (Phi) is 7.93. The molecule has 16 heteroatoms. The summed E-state index contributed by atoms with van der Waals surface area (Å²) in [6.45, 7) is 0. The minimum atomic E-state index is -5.42. The molecule has 0 bridgehead atoms.